The SMILES string of the molecule is Cn1cc(NC(=O)[C@H](Cc2ccccc2)n2cnnn2)cn1. The van der Waals surface area contributed by atoms with Crippen LogP contribution in [0.4, 0.5) is 5.69 Å². The van der Waals surface area contributed by atoms with Crippen molar-refractivity contribution < 1.29 is 4.79 Å². The van der Waals surface area contributed by atoms with Crippen molar-refractivity contribution in [3.05, 3.63) is 54.6 Å². The van der Waals surface area contributed by atoms with Crippen molar-refractivity contribution in [2.45, 2.75) is 12.5 Å². The second-order valence-corrected chi connectivity index (χ2v) is 4.89. The number of carbonyl (C=O) groups is 1. The van der Waals surface area contributed by atoms with Crippen LogP contribution in [0.25, 0.3) is 0 Å². The molecule has 0 bridgehead atoms. The van der Waals surface area contributed by atoms with Crippen LogP contribution in [0, 0.1) is 0 Å². The highest BCUT2D eigenvalue weighted by molar-refractivity contribution is 5.93. The van der Waals surface area contributed by atoms with Crippen LogP contribution in [0.3, 0.4) is 0 Å². The lowest BCUT2D eigenvalue weighted by Gasteiger charge is -2.15. The Hall–Kier alpha value is -3.03. The van der Waals surface area contributed by atoms with Crippen molar-refractivity contribution in [2.75, 3.05) is 5.32 Å². The second-order valence-electron chi connectivity index (χ2n) is 4.89. The number of nitrogens with zero attached hydrogens (tertiary/aromatic N) is 6. The molecule has 8 nitrogen and oxygen atoms in total. The summed E-state index contributed by atoms with van der Waals surface area (Å²) in [6, 6.07) is 9.21. The van der Waals surface area contributed by atoms with Crippen molar-refractivity contribution >= 4 is 11.6 Å². The minimum absolute atomic E-state index is 0.191. The molecule has 0 fully saturated rings. The maximum Gasteiger partial charge on any atom is 0.249 e. The van der Waals surface area contributed by atoms with Crippen molar-refractivity contribution in [3.63, 3.8) is 0 Å². The van der Waals surface area contributed by atoms with E-state index in [4.69, 9.17) is 0 Å². The minimum Gasteiger partial charge on any atom is -0.322 e. The number of hydrogen-bond acceptors (Lipinski definition) is 5. The monoisotopic (exact) mass is 297 g/mol. The number of anilines is 1. The lowest BCUT2D eigenvalue weighted by atomic mass is 10.1. The van der Waals surface area contributed by atoms with Gasteiger partial charge in [0.05, 0.1) is 11.9 Å². The summed E-state index contributed by atoms with van der Waals surface area (Å²) >= 11 is 0. The Kier molecular flexibility index (Phi) is 3.90. The zero-order chi connectivity index (χ0) is 15.4. The number of rotatable bonds is 5. The molecule has 0 radical (unpaired) electrons. The van der Waals surface area contributed by atoms with Gasteiger partial charge in [-0.1, -0.05) is 30.3 Å². The van der Waals surface area contributed by atoms with E-state index in [1.165, 1.54) is 11.0 Å². The molecule has 0 aliphatic rings. The first-order valence-corrected chi connectivity index (χ1v) is 6.78. The van der Waals surface area contributed by atoms with Gasteiger partial charge in [0.1, 0.15) is 12.4 Å². The molecule has 2 heterocycles. The first kappa shape index (κ1) is 13.9. The van der Waals surface area contributed by atoms with Gasteiger partial charge in [-0.3, -0.25) is 9.48 Å². The predicted octanol–water partition coefficient (Wildman–Crippen LogP) is 0.829. The quantitative estimate of drug-likeness (QED) is 0.753. The smallest absolute Gasteiger partial charge is 0.249 e. The van der Waals surface area contributed by atoms with Crippen LogP contribution in [-0.2, 0) is 18.3 Å². The van der Waals surface area contributed by atoms with Gasteiger partial charge in [-0.15, -0.1) is 5.10 Å². The topological polar surface area (TPSA) is 90.5 Å². The van der Waals surface area contributed by atoms with Gasteiger partial charge in [-0.05, 0) is 16.0 Å². The molecule has 1 aromatic carbocycles. The van der Waals surface area contributed by atoms with E-state index in [-0.39, 0.29) is 5.91 Å². The van der Waals surface area contributed by atoms with Crippen molar-refractivity contribution in [1.29, 1.82) is 0 Å². The third-order valence-electron chi connectivity index (χ3n) is 3.23. The Labute approximate surface area is 126 Å². The summed E-state index contributed by atoms with van der Waals surface area (Å²) in [5.41, 5.74) is 1.67. The first-order chi connectivity index (χ1) is 10.7. The lowest BCUT2D eigenvalue weighted by Crippen LogP contribution is -2.28. The van der Waals surface area contributed by atoms with E-state index < -0.39 is 6.04 Å². The third kappa shape index (κ3) is 3.17. The maximum absolute atomic E-state index is 12.6. The largest absolute Gasteiger partial charge is 0.322 e. The molecule has 1 atom stereocenters. The Morgan fingerprint density at radius 2 is 2.14 bits per heavy atom. The molecule has 0 spiro atoms. The molecule has 3 rings (SSSR count). The van der Waals surface area contributed by atoms with Gasteiger partial charge < -0.3 is 5.32 Å². The van der Waals surface area contributed by atoms with Crippen molar-refractivity contribution in [1.82, 2.24) is 30.0 Å². The molecular weight excluding hydrogens is 282 g/mol. The maximum atomic E-state index is 12.6. The Bertz CT molecular complexity index is 736. The van der Waals surface area contributed by atoms with Gasteiger partial charge in [0.25, 0.3) is 0 Å². The lowest BCUT2D eigenvalue weighted by molar-refractivity contribution is -0.119. The van der Waals surface area contributed by atoms with Gasteiger partial charge in [-0.2, -0.15) is 5.10 Å². The normalized spacial score (nSPS) is 12.0. The second kappa shape index (κ2) is 6.17. The number of nitrogens with one attached hydrogen (secondary N) is 1. The van der Waals surface area contributed by atoms with Gasteiger partial charge in [0, 0.05) is 19.7 Å². The number of hydrogen-bond donors (Lipinski definition) is 1. The highest BCUT2D eigenvalue weighted by atomic mass is 16.2. The molecule has 0 unspecified atom stereocenters. The fourth-order valence-electron chi connectivity index (χ4n) is 2.17. The van der Waals surface area contributed by atoms with E-state index in [0.29, 0.717) is 12.1 Å². The van der Waals surface area contributed by atoms with E-state index in [2.05, 4.69) is 25.9 Å². The molecule has 0 aliphatic carbocycles. The van der Waals surface area contributed by atoms with Gasteiger partial charge in [-0.25, -0.2) is 4.68 Å². The third-order valence-corrected chi connectivity index (χ3v) is 3.23. The van der Waals surface area contributed by atoms with Crippen LogP contribution in [0.2, 0.25) is 0 Å². The number of tetrazole rings is 1. The predicted molar refractivity (Wildman–Crippen MR) is 78.8 cm³/mol. The van der Waals surface area contributed by atoms with Crippen LogP contribution in [0.5, 0.6) is 0 Å². The van der Waals surface area contributed by atoms with Crippen LogP contribution >= 0.6 is 0 Å². The highest BCUT2D eigenvalue weighted by Crippen LogP contribution is 2.16. The van der Waals surface area contributed by atoms with Gasteiger partial charge in [0.15, 0.2) is 0 Å². The molecule has 1 N–H and O–H groups in total. The zero-order valence-electron chi connectivity index (χ0n) is 12.0. The molecule has 2 aromatic heterocycles. The van der Waals surface area contributed by atoms with Gasteiger partial charge in [0.2, 0.25) is 5.91 Å². The summed E-state index contributed by atoms with van der Waals surface area (Å²) in [6.45, 7) is 0. The molecule has 0 saturated carbocycles. The van der Waals surface area contributed by atoms with Crippen LogP contribution in [-0.4, -0.2) is 35.9 Å². The molecule has 0 aliphatic heterocycles. The number of aryl methyl sites for hydroxylation is 1. The summed E-state index contributed by atoms with van der Waals surface area (Å²) < 4.78 is 3.08. The summed E-state index contributed by atoms with van der Waals surface area (Å²) in [4.78, 5) is 12.6. The fraction of sp³-hybridized carbons (Fsp3) is 0.214. The molecule has 0 saturated heterocycles. The van der Waals surface area contributed by atoms with Crippen LogP contribution in [0.1, 0.15) is 11.6 Å². The summed E-state index contributed by atoms with van der Waals surface area (Å²) in [7, 11) is 1.79. The number of carbonyl (C=O) groups excluding carboxylic acids is 1. The highest BCUT2D eigenvalue weighted by Gasteiger charge is 2.22. The van der Waals surface area contributed by atoms with E-state index in [9.17, 15) is 4.79 Å². The summed E-state index contributed by atoms with van der Waals surface area (Å²) in [6.07, 6.45) is 5.27. The molecule has 3 aromatic rings. The van der Waals surface area contributed by atoms with Crippen LogP contribution < -0.4 is 5.32 Å². The molecule has 22 heavy (non-hydrogen) atoms. The summed E-state index contributed by atoms with van der Waals surface area (Å²) in [5.74, 6) is -0.191. The van der Waals surface area contributed by atoms with Crippen molar-refractivity contribution in [2.24, 2.45) is 7.05 Å². The molecule has 1 amide bonds. The first-order valence-electron chi connectivity index (χ1n) is 6.78. The standard InChI is InChI=1S/C14H15N7O/c1-20-9-12(8-16-20)17-14(22)13(21-10-15-18-19-21)7-11-5-3-2-4-6-11/h2-6,8-10,13H,7H2,1H3,(H,17,22)/t13-/m0/s1. The summed E-state index contributed by atoms with van der Waals surface area (Å²) in [5, 5.41) is 17.9. The average molecular weight is 297 g/mol. The van der Waals surface area contributed by atoms with E-state index in [0.717, 1.165) is 5.56 Å². The Morgan fingerprint density at radius 3 is 2.77 bits per heavy atom. The van der Waals surface area contributed by atoms with E-state index >= 15 is 0 Å². The fourth-order valence-corrected chi connectivity index (χ4v) is 2.17. The number of amides is 1. The number of aromatic nitrogens is 6. The Morgan fingerprint density at radius 1 is 1.32 bits per heavy atom. The average Bonchev–Trinajstić information content (AvgIpc) is 3.18. The van der Waals surface area contributed by atoms with Crippen LogP contribution in [0.15, 0.2) is 49.1 Å². The molecule has 8 heteroatoms. The van der Waals surface area contributed by atoms with E-state index in [1.807, 2.05) is 30.3 Å². The minimum atomic E-state index is -0.530. The molecular formula is C14H15N7O. The van der Waals surface area contributed by atoms with Gasteiger partial charge >= 0.3 is 0 Å². The molecule has 112 valence electrons. The Balaban J connectivity index is 1.80. The van der Waals surface area contributed by atoms with Crippen molar-refractivity contribution in [3.8, 4) is 0 Å². The van der Waals surface area contributed by atoms with E-state index in [1.54, 1.807) is 24.1 Å². The number of benzene rings is 1. The zero-order valence-corrected chi connectivity index (χ0v) is 12.0.